The molecule has 0 saturated carbocycles. The fourth-order valence-electron chi connectivity index (χ4n) is 13.1. The minimum Gasteiger partial charge on any atom is -0.495 e. The van der Waals surface area contributed by atoms with Crippen LogP contribution in [0, 0.1) is 12.7 Å². The summed E-state index contributed by atoms with van der Waals surface area (Å²) in [6.07, 6.45) is -6.83. The van der Waals surface area contributed by atoms with Gasteiger partial charge in [-0.15, -0.1) is 0 Å². The minimum atomic E-state index is -4.74. The number of halogens is 10. The molecule has 0 atom stereocenters. The molecule has 7 aromatic rings. The molecule has 0 saturated heterocycles. The Morgan fingerprint density at radius 3 is 1.15 bits per heavy atom. The molecule has 14 rings (SSSR count). The van der Waals surface area contributed by atoms with E-state index in [1.54, 1.807) is 37.3 Å². The van der Waals surface area contributed by atoms with E-state index < -0.39 is 170 Å². The number of nitrogens with zero attached hydrogens (tertiary/aromatic N) is 7. The van der Waals surface area contributed by atoms with E-state index in [-0.39, 0.29) is 154 Å². The maximum atomic E-state index is 13.2. The number of ether oxygens (including phenoxy) is 1. The Kier molecular flexibility index (Phi) is 32.9. The van der Waals surface area contributed by atoms with Crippen LogP contribution < -0.4 is 44.2 Å². The number of Topliss-reactive ketones (excluding diaryl/α,β-unsaturated/α-hetero) is 7. The molecule has 0 aliphatic carbocycles. The lowest BCUT2D eigenvalue weighted by atomic mass is 10.1. The fourth-order valence-corrected chi connectivity index (χ4v) is 16.1. The van der Waals surface area contributed by atoms with E-state index in [1.807, 2.05) is 0 Å². The molecule has 7 aliphatic heterocycles. The van der Waals surface area contributed by atoms with Crippen LogP contribution in [0.3, 0.4) is 0 Å². The number of aryl methyl sites for hydroxylation is 1. The monoisotopic (exact) mass is 2030 g/mol. The number of anilines is 7. The van der Waals surface area contributed by atoms with Crippen LogP contribution >= 0.6 is 78.3 Å². The first kappa shape index (κ1) is 102. The lowest BCUT2D eigenvalue weighted by molar-refractivity contribution is -0.138. The molecular weight excluding hydrogens is 1980 g/mol. The van der Waals surface area contributed by atoms with Crippen molar-refractivity contribution >= 4 is 252 Å². The van der Waals surface area contributed by atoms with Crippen LogP contribution in [0.25, 0.3) is 0 Å². The second-order valence-corrected chi connectivity index (χ2v) is 32.3. The Labute approximate surface area is 763 Å². The van der Waals surface area contributed by atoms with Crippen LogP contribution in [-0.2, 0) is 83.3 Å². The minimum absolute atomic E-state index is 0.0185. The van der Waals surface area contributed by atoms with E-state index in [2.05, 4.69) is 31.9 Å². The molecule has 0 unspecified atom stereocenters. The molecule has 0 radical (unpaired) electrons. The van der Waals surface area contributed by atoms with Crippen LogP contribution in [0.4, 0.5) is 57.4 Å². The number of amides is 7. The number of rotatable bonds is 23. The van der Waals surface area contributed by atoms with Crippen molar-refractivity contribution in [3.8, 4) is 5.75 Å². The number of carbonyl (C=O) groups is 21. The van der Waals surface area contributed by atoms with Crippen LogP contribution in [0.5, 0.6) is 5.75 Å². The summed E-state index contributed by atoms with van der Waals surface area (Å²) in [6, 6.07) is 22.2. The Balaban J connectivity index is 0.000000187. The number of sulfonamides is 1. The number of aliphatic carboxylic acids is 7. The average Bonchev–Trinajstić information content (AvgIpc) is 1.58. The standard InChI is InChI=1S/C12H10ClNO4.C12H8F3NO4.C12H11NO5.C11H7Br2NO4.C11H7Cl2NO4.C11H7ClFNO4.C11H10N2O6S/c1-6-4-7(13)5-8-10(6)14(3-2-9(15)16)12(18)11(8)17;13-12(14,15)7-3-1-2-6-9(7)16(5-4-8(17)18)11(20)10(6)19;1-18-8-4-2-3-7-10(8)13(6-5-9(14)15)12(17)11(7)16;2*12-5-3-6-9(7(13)4-5)14(2-1-8(15)16)11(18)10(6)17;12-6-4-8-5(3-7(6)13)10(17)11(18)14(8)2-1-9(15)16;12-20(18,19)6-1-2-8-7(5-6)10(16)11(17)13(8)4-3-9(14)15/h4-5H,2-3H2,1H3,(H,15,16);1-3H,4-5H2,(H,17,18);2-4H,5-6H2,1H3,(H,14,15);3*3-4H,1-2H2,(H,15,16);1-2,5H,3-4H2,(H,14,15)(H2,12,18,19). The molecular formula is C80H60Br2Cl4F4N8O31S. The van der Waals surface area contributed by atoms with Crippen molar-refractivity contribution in [2.45, 2.75) is 62.9 Å². The number of carbonyl (C=O) groups excluding carboxylic acids is 14. The molecule has 0 spiro atoms. The summed E-state index contributed by atoms with van der Waals surface area (Å²) in [5.74, 6) is -19.2. The number of alkyl halides is 3. The third-order valence-electron chi connectivity index (χ3n) is 18.8. The van der Waals surface area contributed by atoms with Gasteiger partial charge in [-0.2, -0.15) is 13.2 Å². The molecule has 0 fully saturated rings. The molecule has 7 aromatic carbocycles. The molecule has 0 bridgehead atoms. The lowest BCUT2D eigenvalue weighted by Crippen LogP contribution is -2.32. The van der Waals surface area contributed by atoms with Crippen LogP contribution in [0.2, 0.25) is 20.1 Å². The zero-order valence-electron chi connectivity index (χ0n) is 66.0. The highest BCUT2D eigenvalue weighted by Crippen LogP contribution is 2.45. The summed E-state index contributed by atoms with van der Waals surface area (Å²) in [4.78, 5) is 245. The lowest BCUT2D eigenvalue weighted by Gasteiger charge is -2.19. The molecule has 0 aromatic heterocycles. The molecule has 9 N–H and O–H groups in total. The number of carboxylic acid groups (broad SMARTS) is 7. The second kappa shape index (κ2) is 42.1. The quantitative estimate of drug-likeness (QED) is 0.0218. The maximum Gasteiger partial charge on any atom is 0.418 e. The SMILES string of the molecule is COc1cccc2c1N(CCC(=O)O)C(=O)C2=O.Cc1cc(Cl)cc2c1N(CCC(=O)O)C(=O)C2=O.NS(=O)(=O)c1ccc2c(c1)C(=O)C(=O)N2CCC(=O)O.O=C(O)CCN1C(=O)C(=O)c2cc(Br)cc(Br)c21.O=C(O)CCN1C(=O)C(=O)c2cc(Cl)cc(Cl)c21.O=C(O)CCN1C(=O)C(=O)c2cc(F)c(Cl)cc21.O=C(O)CCN1C(=O)C(=O)c2cccc(C(F)(F)F)c21. The van der Waals surface area contributed by atoms with Gasteiger partial charge in [0.1, 0.15) is 11.6 Å². The fraction of sp³-hybridized carbons (Fsp3) is 0.212. The summed E-state index contributed by atoms with van der Waals surface area (Å²) < 4.78 is 80.7. The second-order valence-electron chi connectivity index (χ2n) is 27.3. The van der Waals surface area contributed by atoms with Gasteiger partial charge in [0.05, 0.1) is 151 Å². The number of hydrogen-bond acceptors (Lipinski definition) is 24. The van der Waals surface area contributed by atoms with Gasteiger partial charge >= 0.3 is 48.0 Å². The highest BCUT2D eigenvalue weighted by atomic mass is 79.9. The van der Waals surface area contributed by atoms with Crippen molar-refractivity contribution in [3.63, 3.8) is 0 Å². The number of nitrogens with two attached hydrogens (primary N) is 1. The summed E-state index contributed by atoms with van der Waals surface area (Å²) in [6.45, 7) is 0.727. The average molecular weight is 2040 g/mol. The van der Waals surface area contributed by atoms with E-state index >= 15 is 0 Å². The Morgan fingerprint density at radius 1 is 0.385 bits per heavy atom. The van der Waals surface area contributed by atoms with Crippen molar-refractivity contribution in [3.05, 3.63) is 188 Å². The molecule has 7 heterocycles. The summed E-state index contributed by atoms with van der Waals surface area (Å²) in [7, 11) is -2.56. The normalized spacial score (nSPS) is 14.1. The largest absolute Gasteiger partial charge is 0.495 e. The molecule has 7 aliphatic rings. The van der Waals surface area contributed by atoms with E-state index in [4.69, 9.17) is 92.0 Å². The van der Waals surface area contributed by atoms with Gasteiger partial charge in [-0.05, 0) is 119 Å². The van der Waals surface area contributed by atoms with Gasteiger partial charge in [0.15, 0.2) is 0 Å². The highest BCUT2D eigenvalue weighted by molar-refractivity contribution is 9.11. The van der Waals surface area contributed by atoms with Gasteiger partial charge in [0.25, 0.3) is 81.8 Å². The Hall–Kier alpha value is -13.6. The molecule has 39 nitrogen and oxygen atoms in total. The van der Waals surface area contributed by atoms with Gasteiger partial charge in [0.2, 0.25) is 10.0 Å². The number of ketones is 7. The predicted molar refractivity (Wildman–Crippen MR) is 451 cm³/mol. The van der Waals surface area contributed by atoms with E-state index in [0.717, 1.165) is 62.1 Å². The number of fused-ring (bicyclic) bond motifs is 7. The van der Waals surface area contributed by atoms with Crippen LogP contribution in [0.15, 0.2) is 117 Å². The van der Waals surface area contributed by atoms with Crippen molar-refractivity contribution in [2.75, 3.05) is 87.2 Å². The zero-order chi connectivity index (χ0) is 97.2. The van der Waals surface area contributed by atoms with Crippen LogP contribution in [-0.4, -0.2) is 221 Å². The smallest absolute Gasteiger partial charge is 0.418 e. The topological polar surface area (TPSA) is 592 Å². The van der Waals surface area contributed by atoms with E-state index in [1.165, 1.54) is 47.2 Å². The van der Waals surface area contributed by atoms with Gasteiger partial charge in [-0.25, -0.2) is 17.9 Å². The van der Waals surface area contributed by atoms with Crippen molar-refractivity contribution in [1.82, 2.24) is 0 Å². The molecule has 7 amide bonds. The predicted octanol–water partition coefficient (Wildman–Crippen LogP) is 9.10. The third-order valence-corrected chi connectivity index (χ3v) is 21.8. The van der Waals surface area contributed by atoms with Crippen LogP contribution in [0.1, 0.15) is 129 Å². The number of hydrogen-bond donors (Lipinski definition) is 8. The first-order valence-electron chi connectivity index (χ1n) is 36.5. The number of carboxylic acids is 7. The zero-order valence-corrected chi connectivity index (χ0v) is 73.1. The van der Waals surface area contributed by atoms with Gasteiger partial charge in [-0.1, -0.05) is 74.5 Å². The molecule has 130 heavy (non-hydrogen) atoms. The van der Waals surface area contributed by atoms with E-state index in [9.17, 15) is 127 Å². The number of para-hydroxylation sites is 2. The molecule has 50 heteroatoms. The maximum absolute atomic E-state index is 13.2. The number of benzene rings is 7. The number of primary sulfonamides is 1. The Morgan fingerprint density at radius 2 is 0.723 bits per heavy atom. The van der Waals surface area contributed by atoms with Crippen molar-refractivity contribution in [1.29, 1.82) is 0 Å². The first-order valence-corrected chi connectivity index (χ1v) is 41.2. The van der Waals surface area contributed by atoms with Gasteiger partial charge in [-0.3, -0.25) is 101 Å². The summed E-state index contributed by atoms with van der Waals surface area (Å²) in [5, 5.41) is 65.8. The van der Waals surface area contributed by atoms with E-state index in [0.29, 0.717) is 47.2 Å². The van der Waals surface area contributed by atoms with Gasteiger partial charge < -0.3 is 74.8 Å². The van der Waals surface area contributed by atoms with Crippen molar-refractivity contribution in [2.24, 2.45) is 5.14 Å². The first-order chi connectivity index (χ1) is 60.7. The number of methoxy groups -OCH3 is 1. The highest BCUT2D eigenvalue weighted by Gasteiger charge is 2.47. The third kappa shape index (κ3) is 23.1. The van der Waals surface area contributed by atoms with Crippen molar-refractivity contribution < 1.29 is 167 Å². The summed E-state index contributed by atoms with van der Waals surface area (Å²) in [5.41, 5.74) is 1.20. The Bertz CT molecular complexity index is 6000. The van der Waals surface area contributed by atoms with Gasteiger partial charge in [0, 0.05) is 64.8 Å². The molecule has 682 valence electrons. The summed E-state index contributed by atoms with van der Waals surface area (Å²) >= 11 is 29.6.